The number of nitrogens with two attached hydrogens (primary N) is 1. The predicted molar refractivity (Wildman–Crippen MR) is 81.3 cm³/mol. The summed E-state index contributed by atoms with van der Waals surface area (Å²) in [6, 6.07) is 6.40. The van der Waals surface area contributed by atoms with Gasteiger partial charge in [0.15, 0.2) is 0 Å². The number of anilines is 1. The Kier molecular flexibility index (Phi) is 2.23. The zero-order valence-corrected chi connectivity index (χ0v) is 12.4. The van der Waals surface area contributed by atoms with Crippen molar-refractivity contribution in [3.63, 3.8) is 0 Å². The van der Waals surface area contributed by atoms with E-state index in [2.05, 4.69) is 50.3 Å². The first kappa shape index (κ1) is 11.1. The van der Waals surface area contributed by atoms with Crippen LogP contribution in [0.25, 0.3) is 11.0 Å². The van der Waals surface area contributed by atoms with Crippen molar-refractivity contribution < 1.29 is 0 Å². The normalized spacial score (nSPS) is 21.4. The molecule has 1 heterocycles. The molecule has 0 bridgehead atoms. The van der Waals surface area contributed by atoms with Crippen molar-refractivity contribution in [3.8, 4) is 0 Å². The van der Waals surface area contributed by atoms with Crippen LogP contribution in [0, 0.1) is 14.9 Å². The Bertz CT molecular complexity index is 623. The molecule has 3 nitrogen and oxygen atoms in total. The van der Waals surface area contributed by atoms with Crippen molar-refractivity contribution in [1.29, 1.82) is 0 Å². The van der Waals surface area contributed by atoms with Gasteiger partial charge in [0.25, 0.3) is 0 Å². The largest absolute Gasteiger partial charge is 0.369 e. The van der Waals surface area contributed by atoms with Gasteiger partial charge in [-0.3, -0.25) is 0 Å². The molecule has 1 aromatic carbocycles. The molecule has 0 atom stereocenters. The molecule has 0 spiro atoms. The number of halogens is 1. The summed E-state index contributed by atoms with van der Waals surface area (Å²) >= 11 is 2.32. The molecule has 2 N–H and O–H groups in total. The summed E-state index contributed by atoms with van der Waals surface area (Å²) in [5, 5.41) is 0. The molecule has 0 saturated heterocycles. The van der Waals surface area contributed by atoms with Crippen LogP contribution in [0.2, 0.25) is 0 Å². The van der Waals surface area contributed by atoms with E-state index in [9.17, 15) is 0 Å². The summed E-state index contributed by atoms with van der Waals surface area (Å²) in [5.74, 6) is 1.64. The molecule has 4 rings (SSSR count). The first-order chi connectivity index (χ1) is 8.68. The lowest BCUT2D eigenvalue weighted by molar-refractivity contribution is 0.377. The van der Waals surface area contributed by atoms with Crippen molar-refractivity contribution >= 4 is 39.6 Å². The Labute approximate surface area is 120 Å². The quantitative estimate of drug-likeness (QED) is 0.860. The van der Waals surface area contributed by atoms with Crippen molar-refractivity contribution in [2.24, 2.45) is 11.3 Å². The van der Waals surface area contributed by atoms with Crippen LogP contribution in [0.15, 0.2) is 18.2 Å². The zero-order valence-electron chi connectivity index (χ0n) is 10.2. The van der Waals surface area contributed by atoms with Gasteiger partial charge in [-0.1, -0.05) is 0 Å². The van der Waals surface area contributed by atoms with Crippen molar-refractivity contribution in [2.75, 3.05) is 5.73 Å². The van der Waals surface area contributed by atoms with Crippen LogP contribution in [0.3, 0.4) is 0 Å². The van der Waals surface area contributed by atoms with Crippen LogP contribution >= 0.6 is 22.6 Å². The number of rotatable bonds is 3. The maximum Gasteiger partial charge on any atom is 0.201 e. The Morgan fingerprint density at radius 2 is 2.17 bits per heavy atom. The topological polar surface area (TPSA) is 43.8 Å². The molecule has 2 aliphatic carbocycles. The van der Waals surface area contributed by atoms with Crippen LogP contribution in [-0.2, 0) is 6.54 Å². The van der Waals surface area contributed by atoms with Gasteiger partial charge < -0.3 is 10.3 Å². The van der Waals surface area contributed by atoms with Gasteiger partial charge in [0.2, 0.25) is 5.95 Å². The lowest BCUT2D eigenvalue weighted by atomic mass is 10.0. The second kappa shape index (κ2) is 3.62. The van der Waals surface area contributed by atoms with Crippen molar-refractivity contribution in [2.45, 2.75) is 32.2 Å². The van der Waals surface area contributed by atoms with Crippen LogP contribution in [0.5, 0.6) is 0 Å². The van der Waals surface area contributed by atoms with Gasteiger partial charge in [-0.2, -0.15) is 0 Å². The van der Waals surface area contributed by atoms with Crippen LogP contribution in [-0.4, -0.2) is 9.55 Å². The fourth-order valence-electron chi connectivity index (χ4n) is 3.15. The minimum Gasteiger partial charge on any atom is -0.369 e. The Morgan fingerprint density at radius 1 is 1.39 bits per heavy atom. The number of hydrogen-bond donors (Lipinski definition) is 1. The highest BCUT2D eigenvalue weighted by atomic mass is 127. The molecule has 2 fully saturated rings. The molecule has 2 aliphatic rings. The third-order valence-electron chi connectivity index (χ3n) is 4.55. The number of nitrogens with zero attached hydrogens (tertiary/aromatic N) is 2. The van der Waals surface area contributed by atoms with Gasteiger partial charge >= 0.3 is 0 Å². The summed E-state index contributed by atoms with van der Waals surface area (Å²) in [4.78, 5) is 4.50. The lowest BCUT2D eigenvalue weighted by Gasteiger charge is -2.16. The molecule has 0 aliphatic heterocycles. The maximum atomic E-state index is 6.11. The van der Waals surface area contributed by atoms with E-state index in [1.54, 1.807) is 0 Å². The van der Waals surface area contributed by atoms with Crippen LogP contribution in [0.1, 0.15) is 25.7 Å². The summed E-state index contributed by atoms with van der Waals surface area (Å²) < 4.78 is 3.45. The molecule has 2 aromatic rings. The first-order valence-corrected chi connectivity index (χ1v) is 7.67. The fourth-order valence-corrected chi connectivity index (χ4v) is 3.63. The summed E-state index contributed by atoms with van der Waals surface area (Å²) in [6.45, 7) is 1.07. The number of hydrogen-bond acceptors (Lipinski definition) is 2. The fraction of sp³-hybridized carbons (Fsp3) is 0.500. The maximum absolute atomic E-state index is 6.11. The van der Waals surface area contributed by atoms with Gasteiger partial charge in [0, 0.05) is 10.1 Å². The second-order valence-electron chi connectivity index (χ2n) is 5.83. The average Bonchev–Trinajstić information content (AvgIpc) is 3.20. The highest BCUT2D eigenvalue weighted by molar-refractivity contribution is 14.1. The zero-order chi connectivity index (χ0) is 12.3. The standard InChI is InChI=1S/C14H16IN3/c15-10-3-4-12-11(7-10)17-13(16)18(12)8-14(5-6-14)9-1-2-9/h3-4,7,9H,1-2,5-6,8H2,(H2,16,17). The average molecular weight is 353 g/mol. The van der Waals surface area contributed by atoms with Crippen LogP contribution < -0.4 is 5.73 Å². The summed E-state index contributed by atoms with van der Waals surface area (Å²) in [7, 11) is 0. The lowest BCUT2D eigenvalue weighted by Crippen LogP contribution is -2.15. The molecular weight excluding hydrogens is 337 g/mol. The highest BCUT2D eigenvalue weighted by Gasteiger charge is 2.54. The minimum atomic E-state index is 0.560. The number of imidazole rings is 1. The third-order valence-corrected chi connectivity index (χ3v) is 5.22. The minimum absolute atomic E-state index is 0.560. The molecule has 0 radical (unpaired) electrons. The molecule has 0 amide bonds. The van der Waals surface area contributed by atoms with E-state index in [-0.39, 0.29) is 0 Å². The van der Waals surface area contributed by atoms with Gasteiger partial charge in [-0.25, -0.2) is 4.98 Å². The van der Waals surface area contributed by atoms with E-state index in [1.165, 1.54) is 34.8 Å². The molecule has 1 aromatic heterocycles. The van der Waals surface area contributed by atoms with Gasteiger partial charge in [0.1, 0.15) is 0 Å². The van der Waals surface area contributed by atoms with E-state index >= 15 is 0 Å². The summed E-state index contributed by atoms with van der Waals surface area (Å²) in [6.07, 6.45) is 5.59. The summed E-state index contributed by atoms with van der Waals surface area (Å²) in [5.41, 5.74) is 8.90. The molecule has 0 unspecified atom stereocenters. The van der Waals surface area contributed by atoms with E-state index in [0.717, 1.165) is 18.0 Å². The molecule has 4 heteroatoms. The molecule has 2 saturated carbocycles. The number of nitrogen functional groups attached to an aromatic ring is 1. The number of benzene rings is 1. The van der Waals surface area contributed by atoms with Gasteiger partial charge in [-0.15, -0.1) is 0 Å². The highest BCUT2D eigenvalue weighted by Crippen LogP contribution is 2.62. The Morgan fingerprint density at radius 3 is 2.83 bits per heavy atom. The monoisotopic (exact) mass is 353 g/mol. The van der Waals surface area contributed by atoms with Crippen molar-refractivity contribution in [3.05, 3.63) is 21.8 Å². The first-order valence-electron chi connectivity index (χ1n) is 6.59. The number of aromatic nitrogens is 2. The third kappa shape index (κ3) is 1.65. The molecule has 94 valence electrons. The van der Waals surface area contributed by atoms with E-state index in [0.29, 0.717) is 11.4 Å². The molecule has 18 heavy (non-hydrogen) atoms. The van der Waals surface area contributed by atoms with Gasteiger partial charge in [0.05, 0.1) is 11.0 Å². The second-order valence-corrected chi connectivity index (χ2v) is 7.07. The van der Waals surface area contributed by atoms with E-state index < -0.39 is 0 Å². The SMILES string of the molecule is Nc1nc2cc(I)ccc2n1CC1(C2CC2)CC1. The smallest absolute Gasteiger partial charge is 0.201 e. The number of fused-ring (bicyclic) bond motifs is 1. The van der Waals surface area contributed by atoms with Crippen molar-refractivity contribution in [1.82, 2.24) is 9.55 Å². The molecular formula is C14H16IN3. The Hall–Kier alpha value is -0.780. The predicted octanol–water partition coefficient (Wildman–Crippen LogP) is 3.41. The Balaban J connectivity index is 1.77. The van der Waals surface area contributed by atoms with Crippen LogP contribution in [0.4, 0.5) is 5.95 Å². The van der Waals surface area contributed by atoms with E-state index in [1.807, 2.05) is 0 Å². The van der Waals surface area contributed by atoms with Gasteiger partial charge in [-0.05, 0) is 77.8 Å². The van der Waals surface area contributed by atoms with E-state index in [4.69, 9.17) is 5.73 Å².